The minimum Gasteiger partial charge on any atom is -0.465 e. The Morgan fingerprint density at radius 2 is 2.09 bits per heavy atom. The number of carbonyl (C=O) groups excluding carboxylic acids is 1. The van der Waals surface area contributed by atoms with Crippen LogP contribution in [0.5, 0.6) is 0 Å². The Hall–Kier alpha value is -2.68. The smallest absolute Gasteiger partial charge is 0.337 e. The second-order valence-electron chi connectivity index (χ2n) is 4.95. The Bertz CT molecular complexity index is 683. The summed E-state index contributed by atoms with van der Waals surface area (Å²) >= 11 is 0. The molecule has 0 N–H and O–H groups in total. The van der Waals surface area contributed by atoms with E-state index in [9.17, 15) is 4.79 Å². The van der Waals surface area contributed by atoms with Crippen LogP contribution in [0.3, 0.4) is 0 Å². The number of hydrogen-bond donors (Lipinski definition) is 0. The Kier molecular flexibility index (Phi) is 5.26. The first kappa shape index (κ1) is 15.7. The van der Waals surface area contributed by atoms with E-state index in [0.717, 1.165) is 30.5 Å². The molecule has 6 nitrogen and oxygen atoms in total. The molecule has 0 spiro atoms. The third-order valence-corrected chi connectivity index (χ3v) is 3.42. The van der Waals surface area contributed by atoms with Crippen molar-refractivity contribution in [1.29, 1.82) is 5.26 Å². The topological polar surface area (TPSA) is 80.8 Å². The van der Waals surface area contributed by atoms with Crippen LogP contribution in [0.2, 0.25) is 0 Å². The maximum Gasteiger partial charge on any atom is 0.337 e. The largest absolute Gasteiger partial charge is 0.465 e. The van der Waals surface area contributed by atoms with E-state index in [2.05, 4.69) is 28.0 Å². The lowest BCUT2D eigenvalue weighted by Gasteiger charge is -2.07. The molecule has 0 amide bonds. The lowest BCUT2D eigenvalue weighted by atomic mass is 10.1. The van der Waals surface area contributed by atoms with Gasteiger partial charge in [0.2, 0.25) is 0 Å². The summed E-state index contributed by atoms with van der Waals surface area (Å²) < 4.78 is 6.42. The predicted octanol–water partition coefficient (Wildman–Crippen LogP) is 2.33. The predicted molar refractivity (Wildman–Crippen MR) is 80.2 cm³/mol. The minimum atomic E-state index is -0.359. The fourth-order valence-electron chi connectivity index (χ4n) is 2.18. The van der Waals surface area contributed by atoms with Crippen LogP contribution >= 0.6 is 0 Å². The quantitative estimate of drug-likeness (QED) is 0.764. The summed E-state index contributed by atoms with van der Waals surface area (Å²) in [6, 6.07) is 9.22. The number of hydrogen-bond acceptors (Lipinski definition) is 5. The van der Waals surface area contributed by atoms with Crippen LogP contribution in [0.1, 0.15) is 47.1 Å². The third-order valence-electron chi connectivity index (χ3n) is 3.42. The molecule has 1 aromatic carbocycles. The third kappa shape index (κ3) is 3.50. The molecule has 0 radical (unpaired) electrons. The number of nitriles is 1. The summed E-state index contributed by atoms with van der Waals surface area (Å²) in [6.07, 6.45) is 2.82. The molecule has 1 aromatic heterocycles. The van der Waals surface area contributed by atoms with E-state index in [1.165, 1.54) is 7.11 Å². The summed E-state index contributed by atoms with van der Waals surface area (Å²) in [5.74, 6) is -0.359. The SMILES string of the molecule is CCCCc1c(C#N)nnn1Cc1ccc(C(=O)OC)cc1. The average Bonchev–Trinajstić information content (AvgIpc) is 2.94. The molecule has 1 heterocycles. The van der Waals surface area contributed by atoms with E-state index < -0.39 is 0 Å². The van der Waals surface area contributed by atoms with Crippen LogP contribution in [-0.4, -0.2) is 28.1 Å². The monoisotopic (exact) mass is 298 g/mol. The van der Waals surface area contributed by atoms with E-state index in [1.807, 2.05) is 12.1 Å². The zero-order valence-electron chi connectivity index (χ0n) is 12.7. The molecule has 0 aliphatic heterocycles. The van der Waals surface area contributed by atoms with Gasteiger partial charge in [-0.05, 0) is 30.5 Å². The fourth-order valence-corrected chi connectivity index (χ4v) is 2.18. The van der Waals surface area contributed by atoms with Crippen molar-refractivity contribution in [2.24, 2.45) is 0 Å². The van der Waals surface area contributed by atoms with E-state index in [-0.39, 0.29) is 5.97 Å². The highest BCUT2D eigenvalue weighted by Gasteiger charge is 2.12. The lowest BCUT2D eigenvalue weighted by molar-refractivity contribution is 0.0600. The van der Waals surface area contributed by atoms with Gasteiger partial charge in [-0.2, -0.15) is 5.26 Å². The molecule has 22 heavy (non-hydrogen) atoms. The van der Waals surface area contributed by atoms with Gasteiger partial charge in [-0.15, -0.1) is 5.10 Å². The fraction of sp³-hybridized carbons (Fsp3) is 0.375. The standard InChI is InChI=1S/C16H18N4O2/c1-3-4-5-15-14(10-17)18-19-20(15)11-12-6-8-13(9-7-12)16(21)22-2/h6-9H,3-5,11H2,1-2H3. The number of aromatic nitrogens is 3. The minimum absolute atomic E-state index is 0.359. The molecule has 6 heteroatoms. The Morgan fingerprint density at radius 1 is 1.36 bits per heavy atom. The van der Waals surface area contributed by atoms with Gasteiger partial charge in [0.25, 0.3) is 0 Å². The summed E-state index contributed by atoms with van der Waals surface area (Å²) in [5, 5.41) is 17.1. The van der Waals surface area contributed by atoms with Crippen molar-refractivity contribution in [1.82, 2.24) is 15.0 Å². The van der Waals surface area contributed by atoms with Crippen molar-refractivity contribution in [3.8, 4) is 6.07 Å². The van der Waals surface area contributed by atoms with Crippen LogP contribution in [0, 0.1) is 11.3 Å². The first-order chi connectivity index (χ1) is 10.7. The van der Waals surface area contributed by atoms with Crippen molar-refractivity contribution in [3.63, 3.8) is 0 Å². The Labute approximate surface area is 129 Å². The molecule has 0 aliphatic carbocycles. The van der Waals surface area contributed by atoms with Gasteiger partial charge in [-0.3, -0.25) is 0 Å². The van der Waals surface area contributed by atoms with E-state index in [0.29, 0.717) is 17.8 Å². The molecule has 0 fully saturated rings. The summed E-state index contributed by atoms with van der Waals surface area (Å²) in [5.41, 5.74) is 2.74. The number of methoxy groups -OCH3 is 1. The highest BCUT2D eigenvalue weighted by atomic mass is 16.5. The maximum atomic E-state index is 11.4. The molecule has 0 atom stereocenters. The number of rotatable bonds is 6. The van der Waals surface area contributed by atoms with Crippen molar-refractivity contribution < 1.29 is 9.53 Å². The number of ether oxygens (including phenoxy) is 1. The molecule has 0 saturated carbocycles. The molecule has 0 bridgehead atoms. The van der Waals surface area contributed by atoms with Crippen molar-refractivity contribution in [3.05, 3.63) is 46.8 Å². The van der Waals surface area contributed by atoms with Crippen LogP contribution in [0.25, 0.3) is 0 Å². The molecular weight excluding hydrogens is 280 g/mol. The van der Waals surface area contributed by atoms with E-state index >= 15 is 0 Å². The summed E-state index contributed by atoms with van der Waals surface area (Å²) in [7, 11) is 1.36. The van der Waals surface area contributed by atoms with Crippen LogP contribution < -0.4 is 0 Å². The van der Waals surface area contributed by atoms with Crippen LogP contribution in [0.4, 0.5) is 0 Å². The number of benzene rings is 1. The van der Waals surface area contributed by atoms with Gasteiger partial charge in [-0.25, -0.2) is 9.48 Å². The number of esters is 1. The number of nitrogens with zero attached hydrogens (tertiary/aromatic N) is 4. The molecule has 0 saturated heterocycles. The van der Waals surface area contributed by atoms with Gasteiger partial charge in [0.1, 0.15) is 6.07 Å². The maximum absolute atomic E-state index is 11.4. The van der Waals surface area contributed by atoms with Gasteiger partial charge >= 0.3 is 5.97 Å². The van der Waals surface area contributed by atoms with Gasteiger partial charge in [0, 0.05) is 0 Å². The Morgan fingerprint density at radius 3 is 2.68 bits per heavy atom. The average molecular weight is 298 g/mol. The zero-order chi connectivity index (χ0) is 15.9. The molecular formula is C16H18N4O2. The summed E-state index contributed by atoms with van der Waals surface area (Å²) in [4.78, 5) is 11.4. The summed E-state index contributed by atoms with van der Waals surface area (Å²) in [6.45, 7) is 2.63. The van der Waals surface area contributed by atoms with Gasteiger partial charge in [-0.1, -0.05) is 30.7 Å². The van der Waals surface area contributed by atoms with E-state index in [4.69, 9.17) is 5.26 Å². The molecule has 2 rings (SSSR count). The normalized spacial score (nSPS) is 10.2. The van der Waals surface area contributed by atoms with Gasteiger partial charge in [0.05, 0.1) is 24.9 Å². The number of unbranched alkanes of at least 4 members (excludes halogenated alkanes) is 1. The first-order valence-corrected chi connectivity index (χ1v) is 7.19. The van der Waals surface area contributed by atoms with Gasteiger partial charge in [0.15, 0.2) is 5.69 Å². The second kappa shape index (κ2) is 7.36. The van der Waals surface area contributed by atoms with E-state index in [1.54, 1.807) is 16.8 Å². The van der Waals surface area contributed by atoms with Crippen LogP contribution in [0.15, 0.2) is 24.3 Å². The molecule has 0 aliphatic rings. The van der Waals surface area contributed by atoms with Crippen molar-refractivity contribution in [2.75, 3.05) is 7.11 Å². The molecule has 2 aromatic rings. The van der Waals surface area contributed by atoms with Gasteiger partial charge < -0.3 is 4.74 Å². The molecule has 114 valence electrons. The van der Waals surface area contributed by atoms with Crippen molar-refractivity contribution >= 4 is 5.97 Å². The highest BCUT2D eigenvalue weighted by Crippen LogP contribution is 2.12. The zero-order valence-corrected chi connectivity index (χ0v) is 12.7. The van der Waals surface area contributed by atoms with Crippen molar-refractivity contribution in [2.45, 2.75) is 32.7 Å². The second-order valence-corrected chi connectivity index (χ2v) is 4.95. The Balaban J connectivity index is 2.18. The highest BCUT2D eigenvalue weighted by molar-refractivity contribution is 5.89. The lowest BCUT2D eigenvalue weighted by Crippen LogP contribution is -2.08. The first-order valence-electron chi connectivity index (χ1n) is 7.19. The van der Waals surface area contributed by atoms with Crippen LogP contribution in [-0.2, 0) is 17.7 Å². The number of carbonyl (C=O) groups is 1. The molecule has 0 unspecified atom stereocenters.